The fourth-order valence-electron chi connectivity index (χ4n) is 3.01. The maximum atomic E-state index is 12.7. The number of benzene rings is 2. The first-order valence-electron chi connectivity index (χ1n) is 8.89. The first-order chi connectivity index (χ1) is 12.2. The molecule has 2 aromatic rings. The van der Waals surface area contributed by atoms with Crippen molar-refractivity contribution >= 4 is 12.0 Å². The molecular weight excluding hydrogens is 310 g/mol. The summed E-state index contributed by atoms with van der Waals surface area (Å²) >= 11 is 0. The molecule has 1 aliphatic carbocycles. The van der Waals surface area contributed by atoms with Crippen molar-refractivity contribution < 1.29 is 9.53 Å². The highest BCUT2D eigenvalue weighted by atomic mass is 16.5. The van der Waals surface area contributed by atoms with Crippen LogP contribution < -0.4 is 4.74 Å². The van der Waals surface area contributed by atoms with Crippen molar-refractivity contribution in [3.05, 3.63) is 71.8 Å². The maximum Gasteiger partial charge on any atom is 0.246 e. The van der Waals surface area contributed by atoms with Gasteiger partial charge in [-0.3, -0.25) is 4.79 Å². The summed E-state index contributed by atoms with van der Waals surface area (Å²) in [6.45, 7) is 1.52. The van der Waals surface area contributed by atoms with Crippen LogP contribution in [0.15, 0.2) is 60.7 Å². The fourth-order valence-corrected chi connectivity index (χ4v) is 3.01. The van der Waals surface area contributed by atoms with E-state index in [4.69, 9.17) is 4.74 Å². The molecule has 25 heavy (non-hydrogen) atoms. The number of hydrogen-bond donors (Lipinski definition) is 0. The molecule has 0 unspecified atom stereocenters. The van der Waals surface area contributed by atoms with Crippen molar-refractivity contribution in [1.82, 2.24) is 4.90 Å². The molecule has 3 rings (SSSR count). The van der Waals surface area contributed by atoms with Crippen LogP contribution in [0.25, 0.3) is 6.08 Å². The van der Waals surface area contributed by atoms with Gasteiger partial charge in [0, 0.05) is 19.2 Å². The monoisotopic (exact) mass is 335 g/mol. The molecule has 0 saturated heterocycles. The molecule has 3 nitrogen and oxygen atoms in total. The summed E-state index contributed by atoms with van der Waals surface area (Å²) < 4.78 is 5.16. The maximum absolute atomic E-state index is 12.7. The summed E-state index contributed by atoms with van der Waals surface area (Å²) in [5.41, 5.74) is 2.17. The van der Waals surface area contributed by atoms with Crippen LogP contribution in [-0.2, 0) is 11.3 Å². The van der Waals surface area contributed by atoms with E-state index in [9.17, 15) is 4.79 Å². The Bertz CT molecular complexity index is 703. The Morgan fingerprint density at radius 2 is 1.84 bits per heavy atom. The molecule has 0 aliphatic heterocycles. The molecule has 0 N–H and O–H groups in total. The molecule has 1 aliphatic rings. The zero-order chi connectivity index (χ0) is 17.5. The van der Waals surface area contributed by atoms with Crippen LogP contribution in [0.1, 0.15) is 30.4 Å². The van der Waals surface area contributed by atoms with Gasteiger partial charge in [-0.15, -0.1) is 0 Å². The minimum atomic E-state index is 0.0755. The normalized spacial score (nSPS) is 14.3. The molecule has 0 bridgehead atoms. The summed E-state index contributed by atoms with van der Waals surface area (Å²) in [4.78, 5) is 14.7. The van der Waals surface area contributed by atoms with E-state index in [1.165, 1.54) is 24.8 Å². The molecule has 2 aromatic carbocycles. The predicted octanol–water partition coefficient (Wildman–Crippen LogP) is 4.54. The van der Waals surface area contributed by atoms with Gasteiger partial charge in [0.2, 0.25) is 5.91 Å². The highest BCUT2D eigenvalue weighted by Crippen LogP contribution is 2.27. The molecule has 0 radical (unpaired) electrons. The van der Waals surface area contributed by atoms with E-state index in [1.54, 1.807) is 13.2 Å². The highest BCUT2D eigenvalue weighted by molar-refractivity contribution is 5.91. The molecule has 0 atom stereocenters. The summed E-state index contributed by atoms with van der Waals surface area (Å²) in [5, 5.41) is 0. The smallest absolute Gasteiger partial charge is 0.246 e. The average Bonchev–Trinajstić information content (AvgIpc) is 2.63. The van der Waals surface area contributed by atoms with Crippen molar-refractivity contribution in [3.63, 3.8) is 0 Å². The van der Waals surface area contributed by atoms with Gasteiger partial charge in [0.25, 0.3) is 0 Å². The van der Waals surface area contributed by atoms with Crippen molar-refractivity contribution in [2.75, 3.05) is 13.7 Å². The van der Waals surface area contributed by atoms with Crippen LogP contribution in [0.3, 0.4) is 0 Å². The number of carbonyl (C=O) groups is 1. The third-order valence-electron chi connectivity index (χ3n) is 4.77. The zero-order valence-corrected chi connectivity index (χ0v) is 14.7. The van der Waals surface area contributed by atoms with E-state index in [1.807, 2.05) is 53.4 Å². The lowest BCUT2D eigenvalue weighted by Gasteiger charge is -2.32. The Morgan fingerprint density at radius 1 is 1.12 bits per heavy atom. The third-order valence-corrected chi connectivity index (χ3v) is 4.77. The number of rotatable bonds is 7. The van der Waals surface area contributed by atoms with Gasteiger partial charge in [-0.05, 0) is 48.1 Å². The number of methoxy groups -OCH3 is 1. The Hall–Kier alpha value is -2.55. The van der Waals surface area contributed by atoms with Crippen molar-refractivity contribution in [3.8, 4) is 5.75 Å². The average molecular weight is 335 g/mol. The second-order valence-corrected chi connectivity index (χ2v) is 6.61. The summed E-state index contributed by atoms with van der Waals surface area (Å²) in [6.07, 6.45) is 7.32. The van der Waals surface area contributed by atoms with Gasteiger partial charge in [-0.25, -0.2) is 0 Å². The SMILES string of the molecule is COc1ccc(C=CC(=O)N(Cc2ccccc2)CC2CCC2)cc1. The van der Waals surface area contributed by atoms with Crippen LogP contribution in [0.4, 0.5) is 0 Å². The van der Waals surface area contributed by atoms with Gasteiger partial charge in [0.05, 0.1) is 7.11 Å². The fraction of sp³-hybridized carbons (Fsp3) is 0.318. The van der Waals surface area contributed by atoms with Gasteiger partial charge in [-0.2, -0.15) is 0 Å². The highest BCUT2D eigenvalue weighted by Gasteiger charge is 2.22. The first kappa shape index (κ1) is 17.3. The van der Waals surface area contributed by atoms with Gasteiger partial charge >= 0.3 is 0 Å². The molecular formula is C22H25NO2. The summed E-state index contributed by atoms with van der Waals surface area (Å²) in [7, 11) is 1.65. The minimum Gasteiger partial charge on any atom is -0.497 e. The van der Waals surface area contributed by atoms with Crippen LogP contribution in [0, 0.1) is 5.92 Å². The first-order valence-corrected chi connectivity index (χ1v) is 8.89. The molecule has 1 fully saturated rings. The molecule has 3 heteroatoms. The third kappa shape index (κ3) is 4.96. The van der Waals surface area contributed by atoms with Crippen LogP contribution in [0.5, 0.6) is 5.75 Å². The van der Waals surface area contributed by atoms with E-state index in [-0.39, 0.29) is 5.91 Å². The number of amides is 1. The Kier molecular flexibility index (Phi) is 5.89. The van der Waals surface area contributed by atoms with Crippen LogP contribution >= 0.6 is 0 Å². The Labute approximate surface area is 149 Å². The van der Waals surface area contributed by atoms with Gasteiger partial charge in [0.1, 0.15) is 5.75 Å². The summed E-state index contributed by atoms with van der Waals surface area (Å²) in [5.74, 6) is 1.55. The molecule has 1 amide bonds. The van der Waals surface area contributed by atoms with E-state index in [0.717, 1.165) is 17.9 Å². The topological polar surface area (TPSA) is 29.5 Å². The summed E-state index contributed by atoms with van der Waals surface area (Å²) in [6, 6.07) is 17.9. The quantitative estimate of drug-likeness (QED) is 0.695. The Balaban J connectivity index is 1.67. The molecule has 0 aromatic heterocycles. The lowest BCUT2D eigenvalue weighted by molar-refractivity contribution is -0.127. The van der Waals surface area contributed by atoms with Crippen LogP contribution in [0.2, 0.25) is 0 Å². The Morgan fingerprint density at radius 3 is 2.44 bits per heavy atom. The number of nitrogens with zero attached hydrogens (tertiary/aromatic N) is 1. The lowest BCUT2D eigenvalue weighted by Crippen LogP contribution is -2.36. The standard InChI is InChI=1S/C22H25NO2/c1-25-21-13-10-18(11-14-21)12-15-22(24)23(17-20-8-5-9-20)16-19-6-3-2-4-7-19/h2-4,6-7,10-15,20H,5,8-9,16-17H2,1H3. The second kappa shape index (κ2) is 8.52. The molecule has 0 spiro atoms. The van der Waals surface area contributed by atoms with E-state index < -0.39 is 0 Å². The predicted molar refractivity (Wildman–Crippen MR) is 101 cm³/mol. The second-order valence-electron chi connectivity index (χ2n) is 6.61. The van der Waals surface area contributed by atoms with Gasteiger partial charge in [0.15, 0.2) is 0 Å². The zero-order valence-electron chi connectivity index (χ0n) is 14.7. The van der Waals surface area contributed by atoms with E-state index in [2.05, 4.69) is 12.1 Å². The number of carbonyl (C=O) groups excluding carboxylic acids is 1. The number of ether oxygens (including phenoxy) is 1. The van der Waals surface area contributed by atoms with Crippen molar-refractivity contribution in [2.24, 2.45) is 5.92 Å². The molecule has 1 saturated carbocycles. The van der Waals surface area contributed by atoms with Crippen molar-refractivity contribution in [1.29, 1.82) is 0 Å². The number of hydrogen-bond acceptors (Lipinski definition) is 2. The van der Waals surface area contributed by atoms with Crippen LogP contribution in [-0.4, -0.2) is 24.5 Å². The van der Waals surface area contributed by atoms with E-state index in [0.29, 0.717) is 12.5 Å². The van der Waals surface area contributed by atoms with Crippen molar-refractivity contribution in [2.45, 2.75) is 25.8 Å². The van der Waals surface area contributed by atoms with Gasteiger partial charge < -0.3 is 9.64 Å². The molecule has 130 valence electrons. The minimum absolute atomic E-state index is 0.0755. The van der Waals surface area contributed by atoms with E-state index >= 15 is 0 Å². The lowest BCUT2D eigenvalue weighted by atomic mass is 9.85. The molecule has 0 heterocycles. The largest absolute Gasteiger partial charge is 0.497 e. The van der Waals surface area contributed by atoms with Gasteiger partial charge in [-0.1, -0.05) is 48.9 Å².